The van der Waals surface area contributed by atoms with E-state index in [1.54, 1.807) is 13.8 Å². The molecule has 0 saturated heterocycles. The van der Waals surface area contributed by atoms with Crippen molar-refractivity contribution >= 4 is 5.91 Å². The van der Waals surface area contributed by atoms with Crippen LogP contribution in [0.15, 0.2) is 12.1 Å². The summed E-state index contributed by atoms with van der Waals surface area (Å²) >= 11 is 0. The van der Waals surface area contributed by atoms with Gasteiger partial charge in [0.2, 0.25) is 5.91 Å². The van der Waals surface area contributed by atoms with Crippen LogP contribution in [-0.4, -0.2) is 11.9 Å². The molecule has 0 aliphatic heterocycles. The van der Waals surface area contributed by atoms with Gasteiger partial charge in [0.1, 0.15) is 0 Å². The van der Waals surface area contributed by atoms with Crippen LogP contribution in [-0.2, 0) is 11.3 Å². The predicted octanol–water partition coefficient (Wildman–Crippen LogP) is 1.70. The number of nitrogens with one attached hydrogen (secondary N) is 1. The van der Waals surface area contributed by atoms with E-state index in [1.807, 2.05) is 0 Å². The summed E-state index contributed by atoms with van der Waals surface area (Å²) in [5.41, 5.74) is 5.45. The van der Waals surface area contributed by atoms with Gasteiger partial charge in [-0.1, -0.05) is 19.9 Å². The number of rotatable bonds is 4. The van der Waals surface area contributed by atoms with Crippen molar-refractivity contribution in [2.24, 2.45) is 11.7 Å². The molecule has 1 rings (SSSR count). The predicted molar refractivity (Wildman–Crippen MR) is 61.0 cm³/mol. The van der Waals surface area contributed by atoms with Crippen molar-refractivity contribution in [3.8, 4) is 0 Å². The van der Waals surface area contributed by atoms with Crippen LogP contribution in [0.1, 0.15) is 19.4 Å². The minimum absolute atomic E-state index is 0.0696. The molecule has 0 saturated carbocycles. The number of halogens is 3. The van der Waals surface area contributed by atoms with Gasteiger partial charge in [-0.3, -0.25) is 4.79 Å². The lowest BCUT2D eigenvalue weighted by molar-refractivity contribution is -0.123. The Balaban J connectivity index is 2.70. The van der Waals surface area contributed by atoms with Gasteiger partial charge in [-0.15, -0.1) is 0 Å². The fourth-order valence-electron chi connectivity index (χ4n) is 1.31. The quantitative estimate of drug-likeness (QED) is 0.810. The van der Waals surface area contributed by atoms with Crippen LogP contribution in [0.4, 0.5) is 13.2 Å². The first-order chi connectivity index (χ1) is 8.34. The standard InChI is InChI=1S/C12H15F3N2O/c1-6(2)11(16)12(18)17-5-7-3-4-8(13)10(15)9(7)14/h3-4,6,11H,5,16H2,1-2H3,(H,17,18). The third kappa shape index (κ3) is 3.22. The van der Waals surface area contributed by atoms with Crippen molar-refractivity contribution in [2.45, 2.75) is 26.4 Å². The first kappa shape index (κ1) is 14.5. The molecule has 1 aromatic rings. The van der Waals surface area contributed by atoms with Crippen LogP contribution < -0.4 is 11.1 Å². The molecule has 100 valence electrons. The van der Waals surface area contributed by atoms with E-state index in [0.29, 0.717) is 0 Å². The molecule has 3 nitrogen and oxygen atoms in total. The van der Waals surface area contributed by atoms with E-state index in [-0.39, 0.29) is 18.0 Å². The Bertz CT molecular complexity index is 449. The third-order valence-corrected chi connectivity index (χ3v) is 2.59. The normalized spacial score (nSPS) is 12.6. The van der Waals surface area contributed by atoms with E-state index in [0.717, 1.165) is 12.1 Å². The van der Waals surface area contributed by atoms with Crippen LogP contribution in [0, 0.1) is 23.4 Å². The fourth-order valence-corrected chi connectivity index (χ4v) is 1.31. The molecule has 0 aromatic heterocycles. The van der Waals surface area contributed by atoms with Crippen molar-refractivity contribution in [3.63, 3.8) is 0 Å². The van der Waals surface area contributed by atoms with Crippen LogP contribution in [0.2, 0.25) is 0 Å². The van der Waals surface area contributed by atoms with Crippen molar-refractivity contribution in [1.29, 1.82) is 0 Å². The molecule has 6 heteroatoms. The maximum Gasteiger partial charge on any atom is 0.237 e. The highest BCUT2D eigenvalue weighted by Crippen LogP contribution is 2.14. The van der Waals surface area contributed by atoms with E-state index in [2.05, 4.69) is 5.32 Å². The molecule has 0 aliphatic rings. The molecule has 0 spiro atoms. The second-order valence-corrected chi connectivity index (χ2v) is 4.32. The summed E-state index contributed by atoms with van der Waals surface area (Å²) in [5.74, 6) is -4.64. The molecule has 0 aliphatic carbocycles. The molecule has 18 heavy (non-hydrogen) atoms. The van der Waals surface area contributed by atoms with Crippen LogP contribution in [0.25, 0.3) is 0 Å². The molecule has 3 N–H and O–H groups in total. The summed E-state index contributed by atoms with van der Waals surface area (Å²) in [7, 11) is 0. The van der Waals surface area contributed by atoms with Gasteiger partial charge >= 0.3 is 0 Å². The molecule has 1 atom stereocenters. The molecule has 1 unspecified atom stereocenters. The Hall–Kier alpha value is -1.56. The minimum Gasteiger partial charge on any atom is -0.351 e. The summed E-state index contributed by atoms with van der Waals surface area (Å²) in [6.45, 7) is 3.30. The molecule has 0 heterocycles. The Morgan fingerprint density at radius 3 is 2.44 bits per heavy atom. The first-order valence-corrected chi connectivity index (χ1v) is 5.50. The maximum atomic E-state index is 13.3. The fraction of sp³-hybridized carbons (Fsp3) is 0.417. The van der Waals surface area contributed by atoms with E-state index >= 15 is 0 Å². The number of nitrogens with two attached hydrogens (primary N) is 1. The van der Waals surface area contributed by atoms with E-state index in [1.165, 1.54) is 0 Å². The van der Waals surface area contributed by atoms with Crippen molar-refractivity contribution in [1.82, 2.24) is 5.32 Å². The Kier molecular flexibility index (Phi) is 4.72. The minimum atomic E-state index is -1.55. The van der Waals surface area contributed by atoms with Crippen LogP contribution >= 0.6 is 0 Å². The number of hydrogen-bond acceptors (Lipinski definition) is 2. The monoisotopic (exact) mass is 260 g/mol. The molecule has 0 bridgehead atoms. The average Bonchev–Trinajstić information content (AvgIpc) is 2.33. The highest BCUT2D eigenvalue weighted by atomic mass is 19.2. The van der Waals surface area contributed by atoms with E-state index in [9.17, 15) is 18.0 Å². The second kappa shape index (κ2) is 5.86. The average molecular weight is 260 g/mol. The van der Waals surface area contributed by atoms with E-state index in [4.69, 9.17) is 5.73 Å². The van der Waals surface area contributed by atoms with Crippen LogP contribution in [0.5, 0.6) is 0 Å². The number of amides is 1. The molecule has 1 aromatic carbocycles. The lowest BCUT2D eigenvalue weighted by Gasteiger charge is -2.15. The Labute approximate surface area is 103 Å². The number of benzene rings is 1. The smallest absolute Gasteiger partial charge is 0.237 e. The summed E-state index contributed by atoms with van der Waals surface area (Å²) in [5, 5.41) is 2.37. The van der Waals surface area contributed by atoms with Gasteiger partial charge in [-0.25, -0.2) is 13.2 Å². The van der Waals surface area contributed by atoms with Gasteiger partial charge in [0, 0.05) is 12.1 Å². The van der Waals surface area contributed by atoms with Gasteiger partial charge in [0.05, 0.1) is 6.04 Å². The van der Waals surface area contributed by atoms with Crippen molar-refractivity contribution in [3.05, 3.63) is 35.1 Å². The summed E-state index contributed by atoms with van der Waals surface area (Å²) in [6.07, 6.45) is 0. The Morgan fingerprint density at radius 2 is 1.89 bits per heavy atom. The molecular formula is C12H15F3N2O. The van der Waals surface area contributed by atoms with Crippen LogP contribution in [0.3, 0.4) is 0 Å². The number of hydrogen-bond donors (Lipinski definition) is 2. The highest BCUT2D eigenvalue weighted by Gasteiger charge is 2.18. The maximum absolute atomic E-state index is 13.3. The van der Waals surface area contributed by atoms with E-state index < -0.39 is 29.4 Å². The second-order valence-electron chi connectivity index (χ2n) is 4.32. The summed E-state index contributed by atoms with van der Waals surface area (Å²) in [6, 6.07) is 1.16. The topological polar surface area (TPSA) is 55.1 Å². The lowest BCUT2D eigenvalue weighted by atomic mass is 10.0. The van der Waals surface area contributed by atoms with Crippen molar-refractivity contribution in [2.75, 3.05) is 0 Å². The van der Waals surface area contributed by atoms with Gasteiger partial charge < -0.3 is 11.1 Å². The number of carbonyl (C=O) groups is 1. The lowest BCUT2D eigenvalue weighted by Crippen LogP contribution is -2.43. The SMILES string of the molecule is CC(C)C(N)C(=O)NCc1ccc(F)c(F)c1F. The highest BCUT2D eigenvalue weighted by molar-refractivity contribution is 5.81. The van der Waals surface area contributed by atoms with Gasteiger partial charge in [-0.05, 0) is 12.0 Å². The van der Waals surface area contributed by atoms with Gasteiger partial charge in [-0.2, -0.15) is 0 Å². The molecular weight excluding hydrogens is 245 g/mol. The Morgan fingerprint density at radius 1 is 1.28 bits per heavy atom. The third-order valence-electron chi connectivity index (χ3n) is 2.59. The number of carbonyl (C=O) groups excluding carboxylic acids is 1. The summed E-state index contributed by atoms with van der Waals surface area (Å²) in [4.78, 5) is 11.5. The first-order valence-electron chi connectivity index (χ1n) is 5.50. The zero-order chi connectivity index (χ0) is 13.9. The summed E-state index contributed by atoms with van der Waals surface area (Å²) < 4.78 is 38.9. The largest absolute Gasteiger partial charge is 0.351 e. The van der Waals surface area contributed by atoms with Crippen molar-refractivity contribution < 1.29 is 18.0 Å². The zero-order valence-corrected chi connectivity index (χ0v) is 10.1. The molecule has 0 radical (unpaired) electrons. The molecule has 1 amide bonds. The zero-order valence-electron chi connectivity index (χ0n) is 10.1. The van der Waals surface area contributed by atoms with Gasteiger partial charge in [0.15, 0.2) is 17.5 Å². The molecule has 0 fully saturated rings. The van der Waals surface area contributed by atoms with Gasteiger partial charge in [0.25, 0.3) is 0 Å².